The number of nitrogens with one attached hydrogen (secondary N) is 1. The third-order valence-corrected chi connectivity index (χ3v) is 7.63. The Balaban J connectivity index is 2.18. The van der Waals surface area contributed by atoms with Crippen LogP contribution in [-0.4, -0.2) is 16.7 Å². The molecule has 0 amide bonds. The van der Waals surface area contributed by atoms with Gasteiger partial charge >= 0.3 is 0 Å². The minimum atomic E-state index is -3.17. The van der Waals surface area contributed by atoms with Crippen molar-refractivity contribution < 1.29 is 9.77 Å². The number of oxime groups is 1. The molecule has 0 spiro atoms. The molecule has 3 rings (SSSR count). The van der Waals surface area contributed by atoms with E-state index in [1.165, 1.54) is 0 Å². The van der Waals surface area contributed by atoms with E-state index in [0.717, 1.165) is 5.69 Å². The molecule has 2 N–H and O–H groups in total. The molecule has 0 fully saturated rings. The first-order chi connectivity index (χ1) is 12.7. The van der Waals surface area contributed by atoms with Crippen molar-refractivity contribution in [3.8, 4) is 0 Å². The number of hydrogen-bond acceptors (Lipinski definition) is 4. The van der Waals surface area contributed by atoms with Gasteiger partial charge in [-0.05, 0) is 19.1 Å². The maximum Gasteiger partial charge on any atom is 0.170 e. The number of nitrogens with zero attached hydrogens (tertiary/aromatic N) is 1. The van der Waals surface area contributed by atoms with Gasteiger partial charge in [0, 0.05) is 16.3 Å². The van der Waals surface area contributed by atoms with Crippen LogP contribution >= 0.6 is 7.14 Å². The summed E-state index contributed by atoms with van der Waals surface area (Å²) >= 11 is 0. The summed E-state index contributed by atoms with van der Waals surface area (Å²) < 4.78 is 14.5. The van der Waals surface area contributed by atoms with Crippen LogP contribution in [0, 0.1) is 0 Å². The highest BCUT2D eigenvalue weighted by Gasteiger charge is 2.39. The fraction of sp³-hybridized carbons (Fsp3) is 0.0952. The van der Waals surface area contributed by atoms with E-state index in [4.69, 9.17) is 0 Å². The number of anilines is 1. The second kappa shape index (κ2) is 8.03. The van der Waals surface area contributed by atoms with Crippen molar-refractivity contribution in [2.45, 2.75) is 12.7 Å². The van der Waals surface area contributed by atoms with Crippen molar-refractivity contribution in [2.75, 3.05) is 5.32 Å². The van der Waals surface area contributed by atoms with Crippen LogP contribution < -0.4 is 15.9 Å². The van der Waals surface area contributed by atoms with E-state index in [2.05, 4.69) is 10.5 Å². The smallest absolute Gasteiger partial charge is 0.170 e. The molecule has 0 saturated carbocycles. The van der Waals surface area contributed by atoms with E-state index in [-0.39, 0.29) is 0 Å². The first-order valence-corrected chi connectivity index (χ1v) is 10.1. The molecule has 0 aliphatic heterocycles. The summed E-state index contributed by atoms with van der Waals surface area (Å²) in [6, 6.07) is 28.2. The quantitative estimate of drug-likeness (QED) is 0.297. The van der Waals surface area contributed by atoms with E-state index in [0.29, 0.717) is 16.3 Å². The summed E-state index contributed by atoms with van der Waals surface area (Å²) in [5.74, 6) is -0.667. The summed E-state index contributed by atoms with van der Waals surface area (Å²) in [5.41, 5.74) is 1.18. The van der Waals surface area contributed by atoms with Crippen LogP contribution in [0.3, 0.4) is 0 Å². The van der Waals surface area contributed by atoms with Gasteiger partial charge in [0.15, 0.2) is 7.14 Å². The molecule has 0 bridgehead atoms. The van der Waals surface area contributed by atoms with Gasteiger partial charge in [0.05, 0.1) is 5.71 Å². The molecule has 4 nitrogen and oxygen atoms in total. The van der Waals surface area contributed by atoms with Gasteiger partial charge in [0.25, 0.3) is 0 Å². The van der Waals surface area contributed by atoms with E-state index in [1.807, 2.05) is 91.0 Å². The fourth-order valence-electron chi connectivity index (χ4n) is 2.95. The fourth-order valence-corrected chi connectivity index (χ4v) is 5.98. The summed E-state index contributed by atoms with van der Waals surface area (Å²) in [5, 5.41) is 17.6. The van der Waals surface area contributed by atoms with Crippen molar-refractivity contribution in [3.05, 3.63) is 91.0 Å². The van der Waals surface area contributed by atoms with Crippen molar-refractivity contribution in [3.63, 3.8) is 0 Å². The first kappa shape index (κ1) is 18.0. The van der Waals surface area contributed by atoms with Crippen LogP contribution in [-0.2, 0) is 4.57 Å². The summed E-state index contributed by atoms with van der Waals surface area (Å²) in [7, 11) is -3.17. The van der Waals surface area contributed by atoms with Crippen molar-refractivity contribution in [2.24, 2.45) is 5.16 Å². The van der Waals surface area contributed by atoms with E-state index >= 15 is 0 Å². The largest absolute Gasteiger partial charge is 0.411 e. The average Bonchev–Trinajstić information content (AvgIpc) is 2.73. The molecule has 0 aromatic heterocycles. The van der Waals surface area contributed by atoms with Gasteiger partial charge in [-0.3, -0.25) is 0 Å². The van der Waals surface area contributed by atoms with Crippen LogP contribution in [0.15, 0.2) is 96.2 Å². The van der Waals surface area contributed by atoms with Gasteiger partial charge in [-0.2, -0.15) is 0 Å². The molecule has 3 aromatic rings. The standard InChI is InChI=1S/C21H21N2O2P/c1-17(23-24)21(22-18-11-5-2-6-12-18)26(25,19-13-7-3-8-14-19)20-15-9-4-10-16-20/h2-16,21-22,24H,1H3/b23-17+. The minimum absolute atomic E-state index is 0.366. The maximum atomic E-state index is 14.5. The van der Waals surface area contributed by atoms with E-state index < -0.39 is 12.9 Å². The molecular weight excluding hydrogens is 343 g/mol. The van der Waals surface area contributed by atoms with Crippen LogP contribution in [0.25, 0.3) is 0 Å². The summed E-state index contributed by atoms with van der Waals surface area (Å²) in [4.78, 5) is 0. The monoisotopic (exact) mass is 364 g/mol. The van der Waals surface area contributed by atoms with Gasteiger partial charge in [0.1, 0.15) is 5.78 Å². The lowest BCUT2D eigenvalue weighted by Gasteiger charge is -2.29. The predicted octanol–water partition coefficient (Wildman–Crippen LogP) is 4.29. The Morgan fingerprint density at radius 2 is 1.27 bits per heavy atom. The van der Waals surface area contributed by atoms with Gasteiger partial charge < -0.3 is 15.1 Å². The molecule has 0 saturated heterocycles. The van der Waals surface area contributed by atoms with Crippen LogP contribution in [0.2, 0.25) is 0 Å². The van der Waals surface area contributed by atoms with Crippen LogP contribution in [0.4, 0.5) is 5.69 Å². The minimum Gasteiger partial charge on any atom is -0.411 e. The van der Waals surface area contributed by atoms with Crippen molar-refractivity contribution >= 4 is 29.2 Å². The Labute approximate surface area is 153 Å². The average molecular weight is 364 g/mol. The Morgan fingerprint density at radius 1 is 0.846 bits per heavy atom. The Kier molecular flexibility index (Phi) is 5.55. The van der Waals surface area contributed by atoms with Crippen molar-refractivity contribution in [1.29, 1.82) is 0 Å². The molecule has 3 aromatic carbocycles. The first-order valence-electron chi connectivity index (χ1n) is 8.37. The Hall–Kier alpha value is -2.84. The lowest BCUT2D eigenvalue weighted by atomic mass is 10.3. The molecule has 1 unspecified atom stereocenters. The molecule has 132 valence electrons. The van der Waals surface area contributed by atoms with Crippen molar-refractivity contribution in [1.82, 2.24) is 0 Å². The molecule has 1 atom stereocenters. The van der Waals surface area contributed by atoms with Gasteiger partial charge in [-0.15, -0.1) is 0 Å². The molecule has 26 heavy (non-hydrogen) atoms. The second-order valence-corrected chi connectivity index (χ2v) is 8.85. The third kappa shape index (κ3) is 3.56. The molecule has 0 radical (unpaired) electrons. The zero-order valence-electron chi connectivity index (χ0n) is 14.5. The van der Waals surface area contributed by atoms with E-state index in [1.54, 1.807) is 6.92 Å². The normalized spacial score (nSPS) is 13.2. The highest BCUT2D eigenvalue weighted by molar-refractivity contribution is 7.80. The van der Waals surface area contributed by atoms with Gasteiger partial charge in [-0.1, -0.05) is 84.0 Å². The Bertz CT molecular complexity index is 869. The zero-order valence-corrected chi connectivity index (χ0v) is 15.4. The Morgan fingerprint density at radius 3 is 1.69 bits per heavy atom. The van der Waals surface area contributed by atoms with E-state index in [9.17, 15) is 9.77 Å². The maximum absolute atomic E-state index is 14.5. The summed E-state index contributed by atoms with van der Waals surface area (Å²) in [6.45, 7) is 1.68. The molecule has 5 heteroatoms. The van der Waals surface area contributed by atoms with Crippen LogP contribution in [0.5, 0.6) is 0 Å². The number of rotatable bonds is 6. The SMILES string of the molecule is C/C(=N\O)C(Nc1ccccc1)P(=O)(c1ccccc1)c1ccccc1. The number of benzene rings is 3. The van der Waals surface area contributed by atoms with Gasteiger partial charge in [-0.25, -0.2) is 0 Å². The zero-order chi connectivity index (χ0) is 18.4. The lowest BCUT2D eigenvalue weighted by molar-refractivity contribution is 0.317. The highest BCUT2D eigenvalue weighted by atomic mass is 31.2. The van der Waals surface area contributed by atoms with Gasteiger partial charge in [0.2, 0.25) is 0 Å². The lowest BCUT2D eigenvalue weighted by Crippen LogP contribution is -2.36. The topological polar surface area (TPSA) is 61.7 Å². The molecule has 0 aliphatic carbocycles. The van der Waals surface area contributed by atoms with Crippen LogP contribution in [0.1, 0.15) is 6.92 Å². The molecule has 0 aliphatic rings. The molecular formula is C21H21N2O2P. The number of hydrogen-bond donors (Lipinski definition) is 2. The number of para-hydroxylation sites is 1. The second-order valence-electron chi connectivity index (χ2n) is 5.98. The predicted molar refractivity (Wildman–Crippen MR) is 109 cm³/mol. The molecule has 0 heterocycles. The third-order valence-electron chi connectivity index (χ3n) is 4.27. The highest BCUT2D eigenvalue weighted by Crippen LogP contribution is 2.49. The summed E-state index contributed by atoms with van der Waals surface area (Å²) in [6.07, 6.45) is 0.